The van der Waals surface area contributed by atoms with Gasteiger partial charge in [0.15, 0.2) is 15.1 Å². The van der Waals surface area contributed by atoms with Gasteiger partial charge in [-0.15, -0.1) is 11.8 Å². The first-order chi connectivity index (χ1) is 18.4. The Bertz CT molecular complexity index is 1720. The van der Waals surface area contributed by atoms with Crippen molar-refractivity contribution in [3.63, 3.8) is 0 Å². The molecular formula is C27H24N4O4S3. The lowest BCUT2D eigenvalue weighted by molar-refractivity contribution is -0.139. The molecule has 0 amide bonds. The van der Waals surface area contributed by atoms with Gasteiger partial charge in [-0.2, -0.15) is 0 Å². The molecule has 1 aliphatic rings. The summed E-state index contributed by atoms with van der Waals surface area (Å²) in [5.74, 6) is 0.0423. The van der Waals surface area contributed by atoms with Gasteiger partial charge in [0.05, 0.1) is 28.5 Å². The van der Waals surface area contributed by atoms with Crippen LogP contribution in [0.4, 0.5) is 0 Å². The van der Waals surface area contributed by atoms with Gasteiger partial charge in [0, 0.05) is 22.9 Å². The van der Waals surface area contributed by atoms with E-state index in [0.29, 0.717) is 36.6 Å². The lowest BCUT2D eigenvalue weighted by Crippen LogP contribution is -2.39. The van der Waals surface area contributed by atoms with Gasteiger partial charge in [0.1, 0.15) is 5.76 Å². The summed E-state index contributed by atoms with van der Waals surface area (Å²) in [7, 11) is 0. The van der Waals surface area contributed by atoms with Gasteiger partial charge >= 0.3 is 5.97 Å². The molecule has 1 aliphatic heterocycles. The molecule has 0 spiro atoms. The first-order valence-electron chi connectivity index (χ1n) is 11.8. The van der Waals surface area contributed by atoms with Gasteiger partial charge < -0.3 is 9.15 Å². The fraction of sp³-hybridized carbons (Fsp3) is 0.222. The number of carbonyl (C=O) groups excluding carboxylic acids is 1. The first-order valence-corrected chi connectivity index (χ1v) is 14.6. The highest BCUT2D eigenvalue weighted by Crippen LogP contribution is 2.32. The molecule has 0 unspecified atom stereocenters. The van der Waals surface area contributed by atoms with Gasteiger partial charge in [-0.25, -0.2) is 19.8 Å². The fourth-order valence-corrected chi connectivity index (χ4v) is 6.25. The third-order valence-electron chi connectivity index (χ3n) is 5.79. The summed E-state index contributed by atoms with van der Waals surface area (Å²) < 4.78 is 13.3. The summed E-state index contributed by atoms with van der Waals surface area (Å²) in [4.78, 5) is 41.6. The maximum absolute atomic E-state index is 13.7. The predicted octanol–water partition coefficient (Wildman–Crippen LogP) is 4.36. The van der Waals surface area contributed by atoms with E-state index in [-0.39, 0.29) is 12.2 Å². The number of allylic oxidation sites excluding steroid dienone is 1. The average Bonchev–Trinajstić information content (AvgIpc) is 3.46. The van der Waals surface area contributed by atoms with Crippen molar-refractivity contribution in [3.05, 3.63) is 96.6 Å². The number of hydrogen-bond donors (Lipinski definition) is 0. The van der Waals surface area contributed by atoms with Gasteiger partial charge in [0.2, 0.25) is 0 Å². The van der Waals surface area contributed by atoms with Crippen molar-refractivity contribution >= 4 is 46.9 Å². The molecule has 0 saturated carbocycles. The summed E-state index contributed by atoms with van der Waals surface area (Å²) >= 11 is 4.19. The Hall–Kier alpha value is -3.41. The Morgan fingerprint density at radius 2 is 1.97 bits per heavy atom. The largest absolute Gasteiger partial charge is 0.463 e. The minimum atomic E-state index is -0.649. The van der Waals surface area contributed by atoms with Crippen LogP contribution in [0.15, 0.2) is 89.3 Å². The zero-order valence-electron chi connectivity index (χ0n) is 21.1. The van der Waals surface area contributed by atoms with Crippen LogP contribution in [0, 0.1) is 6.92 Å². The number of thiazole rings is 1. The molecule has 0 bridgehead atoms. The van der Waals surface area contributed by atoms with Crippen molar-refractivity contribution in [3.8, 4) is 0 Å². The van der Waals surface area contributed by atoms with Gasteiger partial charge in [0.25, 0.3) is 5.56 Å². The first kappa shape index (κ1) is 26.2. The quantitative estimate of drug-likeness (QED) is 0.185. The number of thioether (sulfide) groups is 1. The van der Waals surface area contributed by atoms with E-state index in [9.17, 15) is 9.59 Å². The second kappa shape index (κ2) is 11.1. The zero-order chi connectivity index (χ0) is 26.8. The van der Waals surface area contributed by atoms with Crippen LogP contribution in [-0.2, 0) is 9.53 Å². The number of aromatic nitrogens is 3. The van der Waals surface area contributed by atoms with Crippen molar-refractivity contribution < 1.29 is 13.9 Å². The highest BCUT2D eigenvalue weighted by atomic mass is 32.2. The zero-order valence-corrected chi connectivity index (χ0v) is 23.6. The SMILES string of the molecule is CCOC(=O)C1=C(C)N=c2s/c(=C/c3ccc(Sc4nccc(C)n4)o3)c(=O)n2[C@H]1c1ccc(SC)cc1. The topological polar surface area (TPSA) is 99.6 Å². The lowest BCUT2D eigenvalue weighted by Gasteiger charge is -2.24. The van der Waals surface area contributed by atoms with Crippen molar-refractivity contribution in [2.75, 3.05) is 12.9 Å². The Morgan fingerprint density at radius 1 is 1.18 bits per heavy atom. The maximum atomic E-state index is 13.7. The molecule has 0 aliphatic carbocycles. The highest BCUT2D eigenvalue weighted by molar-refractivity contribution is 7.99. The molecule has 0 fully saturated rings. The van der Waals surface area contributed by atoms with E-state index in [1.165, 1.54) is 23.1 Å². The van der Waals surface area contributed by atoms with Gasteiger partial charge in [-0.1, -0.05) is 23.5 Å². The van der Waals surface area contributed by atoms with Crippen molar-refractivity contribution in [1.29, 1.82) is 0 Å². The number of nitrogens with zero attached hydrogens (tertiary/aromatic N) is 4. The van der Waals surface area contributed by atoms with Crippen LogP contribution in [0.1, 0.15) is 36.9 Å². The normalized spacial score (nSPS) is 15.4. The number of ether oxygens (including phenoxy) is 1. The van der Waals surface area contributed by atoms with Crippen molar-refractivity contribution in [2.24, 2.45) is 4.99 Å². The Morgan fingerprint density at radius 3 is 2.68 bits per heavy atom. The molecule has 8 nitrogen and oxygen atoms in total. The van der Waals surface area contributed by atoms with Crippen LogP contribution in [0.25, 0.3) is 6.08 Å². The summed E-state index contributed by atoms with van der Waals surface area (Å²) in [6.45, 7) is 5.66. The van der Waals surface area contributed by atoms with E-state index in [1.807, 2.05) is 49.6 Å². The molecule has 38 heavy (non-hydrogen) atoms. The summed E-state index contributed by atoms with van der Waals surface area (Å²) in [5.41, 5.74) is 2.31. The third-order valence-corrected chi connectivity index (χ3v) is 8.32. The number of esters is 1. The summed E-state index contributed by atoms with van der Waals surface area (Å²) in [5, 5.41) is 1.20. The van der Waals surface area contributed by atoms with Crippen LogP contribution in [0.2, 0.25) is 0 Å². The molecule has 5 rings (SSSR count). The molecule has 1 atom stereocenters. The number of hydrogen-bond acceptors (Lipinski definition) is 10. The standard InChI is InChI=1S/C27H24N4O4S3/c1-5-34-25(33)22-16(3)30-27-31(23(22)17-6-9-19(36-4)10-7-17)24(32)20(37-27)14-18-8-11-21(35-18)38-26-28-13-12-15(2)29-26/h6-14,23H,5H2,1-4H3/b20-14+/t23-/m0/s1. The van der Waals surface area contributed by atoms with Crippen molar-refractivity contribution in [1.82, 2.24) is 14.5 Å². The van der Waals surface area contributed by atoms with E-state index >= 15 is 0 Å². The predicted molar refractivity (Wildman–Crippen MR) is 148 cm³/mol. The molecule has 0 N–H and O–H groups in total. The van der Waals surface area contributed by atoms with Gasteiger partial charge in [-0.05, 0) is 74.7 Å². The minimum absolute atomic E-state index is 0.227. The monoisotopic (exact) mass is 564 g/mol. The third kappa shape index (κ3) is 5.27. The summed E-state index contributed by atoms with van der Waals surface area (Å²) in [6.07, 6.45) is 5.40. The number of aryl methyl sites for hydroxylation is 1. The molecule has 3 aromatic heterocycles. The minimum Gasteiger partial charge on any atom is -0.463 e. The number of rotatable bonds is 7. The molecule has 1 aromatic carbocycles. The number of benzene rings is 1. The van der Waals surface area contributed by atoms with Crippen molar-refractivity contribution in [2.45, 2.75) is 42.0 Å². The molecule has 4 heterocycles. The number of fused-ring (bicyclic) bond motifs is 1. The van der Waals surface area contributed by atoms with E-state index < -0.39 is 12.0 Å². The Labute approximate surface area is 231 Å². The molecule has 11 heteroatoms. The molecule has 0 saturated heterocycles. The van der Waals surface area contributed by atoms with Crippen LogP contribution < -0.4 is 14.9 Å². The fourth-order valence-electron chi connectivity index (χ4n) is 4.05. The molecule has 4 aromatic rings. The van der Waals surface area contributed by atoms with Gasteiger partial charge in [-0.3, -0.25) is 9.36 Å². The lowest BCUT2D eigenvalue weighted by atomic mass is 9.96. The second-order valence-corrected chi connectivity index (χ2v) is 11.2. The Balaban J connectivity index is 1.57. The van der Waals surface area contributed by atoms with E-state index in [4.69, 9.17) is 9.15 Å². The maximum Gasteiger partial charge on any atom is 0.338 e. The van der Waals surface area contributed by atoms with E-state index in [0.717, 1.165) is 16.2 Å². The smallest absolute Gasteiger partial charge is 0.338 e. The molecule has 0 radical (unpaired) electrons. The second-order valence-electron chi connectivity index (χ2n) is 8.31. The van der Waals surface area contributed by atoms with Crippen LogP contribution in [0.5, 0.6) is 0 Å². The molecule has 194 valence electrons. The number of carbonyl (C=O) groups is 1. The summed E-state index contributed by atoms with van der Waals surface area (Å²) in [6, 6.07) is 12.6. The van der Waals surface area contributed by atoms with E-state index in [2.05, 4.69) is 15.0 Å². The average molecular weight is 565 g/mol. The van der Waals surface area contributed by atoms with Crippen LogP contribution >= 0.6 is 34.9 Å². The highest BCUT2D eigenvalue weighted by Gasteiger charge is 2.33. The van der Waals surface area contributed by atoms with Crippen LogP contribution in [0.3, 0.4) is 0 Å². The number of furan rings is 1. The Kier molecular flexibility index (Phi) is 7.68. The molecular weight excluding hydrogens is 541 g/mol. The van der Waals surface area contributed by atoms with Crippen LogP contribution in [-0.4, -0.2) is 33.4 Å². The van der Waals surface area contributed by atoms with E-state index in [1.54, 1.807) is 48.5 Å².